The molecule has 6 heterocycles. The summed E-state index contributed by atoms with van der Waals surface area (Å²) in [6.45, 7) is 4.95. The zero-order chi connectivity index (χ0) is 43.8. The van der Waals surface area contributed by atoms with E-state index in [0.29, 0.717) is 31.8 Å². The maximum absolute atomic E-state index is 13.6. The van der Waals surface area contributed by atoms with Crippen LogP contribution >= 0.6 is 0 Å². The third-order valence-electron chi connectivity index (χ3n) is 12.6. The number of nitrogens with one attached hydrogen (secondary N) is 4. The van der Waals surface area contributed by atoms with Crippen LogP contribution in [0.4, 0.5) is 4.79 Å². The molecule has 3 aliphatic heterocycles. The first-order chi connectivity index (χ1) is 30.7. The molecule has 0 spiro atoms. The SMILES string of the molecule is CCC(NC(=O)OC)C(=O)N1CCCC1c1ncc(-c2ccc3c(c2)OC(c2ccccc2)n2c-3cc3cc(-c4cnc(C5CCCN5C(=O)C(CC)NC(O)OC)[nH]4)ccc32)[nH]1. The Bertz CT molecular complexity index is 2620. The summed E-state index contributed by atoms with van der Waals surface area (Å²) in [5, 5.41) is 16.6. The number of carbonyl (C=O) groups excluding carboxylic acids is 3. The van der Waals surface area contributed by atoms with Gasteiger partial charge in [-0.3, -0.25) is 14.9 Å². The normalized spacial score (nSPS) is 19.6. The second-order valence-corrected chi connectivity index (χ2v) is 16.3. The van der Waals surface area contributed by atoms with Gasteiger partial charge in [0.1, 0.15) is 23.4 Å². The van der Waals surface area contributed by atoms with E-state index in [9.17, 15) is 19.5 Å². The molecule has 16 nitrogen and oxygen atoms in total. The largest absolute Gasteiger partial charge is 0.465 e. The van der Waals surface area contributed by atoms with Crippen molar-refractivity contribution < 1.29 is 33.7 Å². The number of amides is 3. The Balaban J connectivity index is 1.000. The van der Waals surface area contributed by atoms with Crippen LogP contribution in [0, 0.1) is 0 Å². The third-order valence-corrected chi connectivity index (χ3v) is 12.6. The number of fused-ring (bicyclic) bond motifs is 5. The Morgan fingerprint density at radius 1 is 0.825 bits per heavy atom. The molecule has 3 aromatic heterocycles. The van der Waals surface area contributed by atoms with Crippen LogP contribution in [0.1, 0.15) is 87.9 Å². The highest BCUT2D eigenvalue weighted by Crippen LogP contribution is 2.46. The monoisotopic (exact) mass is 855 g/mol. The van der Waals surface area contributed by atoms with Gasteiger partial charge in [0.25, 0.3) is 0 Å². The zero-order valence-corrected chi connectivity index (χ0v) is 35.8. The molecule has 2 saturated heterocycles. The van der Waals surface area contributed by atoms with Crippen LogP contribution in [0.3, 0.4) is 0 Å². The summed E-state index contributed by atoms with van der Waals surface area (Å²) >= 11 is 0. The number of imidazole rings is 2. The highest BCUT2D eigenvalue weighted by molar-refractivity contribution is 5.92. The van der Waals surface area contributed by atoms with Gasteiger partial charge in [-0.05, 0) is 68.9 Å². The van der Waals surface area contributed by atoms with E-state index in [1.807, 2.05) is 49.2 Å². The number of alkyl carbamates (subject to hydrolysis) is 1. The lowest BCUT2D eigenvalue weighted by atomic mass is 10.0. The summed E-state index contributed by atoms with van der Waals surface area (Å²) in [4.78, 5) is 59.3. The molecule has 328 valence electrons. The van der Waals surface area contributed by atoms with Gasteiger partial charge < -0.3 is 49.0 Å². The van der Waals surface area contributed by atoms with Crippen molar-refractivity contribution in [2.45, 2.75) is 89.2 Å². The summed E-state index contributed by atoms with van der Waals surface area (Å²) in [5.74, 6) is 1.91. The predicted molar refractivity (Wildman–Crippen MR) is 235 cm³/mol. The molecule has 0 radical (unpaired) electrons. The van der Waals surface area contributed by atoms with E-state index in [1.165, 1.54) is 14.2 Å². The van der Waals surface area contributed by atoms with Gasteiger partial charge in [-0.2, -0.15) is 0 Å². The number of likely N-dealkylation sites (tertiary alicyclic amines) is 2. The Labute approximate surface area is 365 Å². The lowest BCUT2D eigenvalue weighted by molar-refractivity contribution is -0.143. The fraction of sp³-hybridized carbons (Fsp3) is 0.383. The van der Waals surface area contributed by atoms with Crippen LogP contribution in [0.25, 0.3) is 44.7 Å². The minimum Gasteiger partial charge on any atom is -0.465 e. The standard InChI is InChI=1S/C47H53N9O7/c1-5-32(52-46(59)61-3)43(57)54-20-10-14-37(54)41-48-25-34(50-41)28-17-19-36-30(22-28)23-39-31-18-16-29(24-40(31)63-45(56(36)39)27-12-8-7-9-13-27)35-26-49-42(51-35)38-15-11-21-55(38)44(58)33(6-2)53-47(60)62-4/h7-9,12-13,16-19,22-26,32-33,37-38,45-46,52,59H,5-6,10-11,14-15,20-21H2,1-4H3,(H,48,50)(H,49,51)(H,53,60). The molecule has 6 aromatic rings. The fourth-order valence-electron chi connectivity index (χ4n) is 9.35. The fourth-order valence-corrected chi connectivity index (χ4v) is 9.35. The number of methoxy groups -OCH3 is 2. The Morgan fingerprint density at radius 3 is 2.06 bits per heavy atom. The van der Waals surface area contributed by atoms with E-state index in [1.54, 1.807) is 11.1 Å². The number of rotatable bonds is 13. The van der Waals surface area contributed by atoms with Crippen LogP contribution in [0.15, 0.2) is 85.2 Å². The van der Waals surface area contributed by atoms with Crippen LogP contribution in [0.2, 0.25) is 0 Å². The van der Waals surface area contributed by atoms with Crippen molar-refractivity contribution in [3.8, 4) is 39.5 Å². The van der Waals surface area contributed by atoms with E-state index >= 15 is 0 Å². The average molecular weight is 856 g/mol. The molecule has 6 atom stereocenters. The second kappa shape index (κ2) is 17.7. The van der Waals surface area contributed by atoms with Crippen molar-refractivity contribution in [3.63, 3.8) is 0 Å². The highest BCUT2D eigenvalue weighted by atomic mass is 16.6. The van der Waals surface area contributed by atoms with E-state index in [-0.39, 0.29) is 23.9 Å². The van der Waals surface area contributed by atoms with Crippen molar-refractivity contribution in [2.75, 3.05) is 27.3 Å². The zero-order valence-electron chi connectivity index (χ0n) is 35.8. The molecule has 0 aliphatic carbocycles. The van der Waals surface area contributed by atoms with Crippen LogP contribution in [-0.4, -0.2) is 103 Å². The quantitative estimate of drug-likeness (QED) is 0.0774. The van der Waals surface area contributed by atoms with Crippen LogP contribution in [-0.2, 0) is 19.1 Å². The van der Waals surface area contributed by atoms with Crippen LogP contribution < -0.4 is 15.4 Å². The van der Waals surface area contributed by atoms with Crippen molar-refractivity contribution >= 4 is 28.8 Å². The van der Waals surface area contributed by atoms with Gasteiger partial charge >= 0.3 is 6.09 Å². The van der Waals surface area contributed by atoms with E-state index in [4.69, 9.17) is 24.2 Å². The van der Waals surface area contributed by atoms with Gasteiger partial charge in [-0.25, -0.2) is 14.8 Å². The number of benzene rings is 3. The van der Waals surface area contributed by atoms with E-state index in [2.05, 4.69) is 73.7 Å². The van der Waals surface area contributed by atoms with Crippen molar-refractivity contribution in [2.24, 2.45) is 0 Å². The number of carbonyl (C=O) groups is 3. The number of nitrogens with zero attached hydrogens (tertiary/aromatic N) is 5. The summed E-state index contributed by atoms with van der Waals surface area (Å²) in [7, 11) is 2.67. The van der Waals surface area contributed by atoms with Crippen molar-refractivity contribution in [3.05, 3.63) is 102 Å². The number of hydrogen-bond acceptors (Lipinski definition) is 10. The average Bonchev–Trinajstić information content (AvgIpc) is 4.18. The molecule has 16 heteroatoms. The summed E-state index contributed by atoms with van der Waals surface area (Å²) in [5.41, 5.74) is 7.50. The van der Waals surface area contributed by atoms with Crippen LogP contribution in [0.5, 0.6) is 5.75 Å². The van der Waals surface area contributed by atoms with Gasteiger partial charge in [-0.15, -0.1) is 0 Å². The Morgan fingerprint density at radius 2 is 1.44 bits per heavy atom. The number of H-pyrrole nitrogens is 2. The van der Waals surface area contributed by atoms with E-state index in [0.717, 1.165) is 87.5 Å². The highest BCUT2D eigenvalue weighted by Gasteiger charge is 2.38. The van der Waals surface area contributed by atoms with Gasteiger partial charge in [0.15, 0.2) is 0 Å². The first-order valence-electron chi connectivity index (χ1n) is 21.7. The number of aromatic nitrogens is 5. The van der Waals surface area contributed by atoms with Crippen molar-refractivity contribution in [1.82, 2.24) is 44.9 Å². The van der Waals surface area contributed by atoms with Crippen molar-refractivity contribution in [1.29, 1.82) is 0 Å². The lowest BCUT2D eigenvalue weighted by Gasteiger charge is -2.30. The minimum absolute atomic E-state index is 0.0894. The van der Waals surface area contributed by atoms with E-state index < -0.39 is 30.8 Å². The Kier molecular flexibility index (Phi) is 11.8. The number of hydrogen-bond donors (Lipinski definition) is 5. The molecule has 5 N–H and O–H groups in total. The molecule has 3 amide bonds. The maximum Gasteiger partial charge on any atom is 0.407 e. The maximum atomic E-state index is 13.6. The topological polar surface area (TPSA) is 192 Å². The predicted octanol–water partition coefficient (Wildman–Crippen LogP) is 6.78. The van der Waals surface area contributed by atoms with Gasteiger partial charge in [-0.1, -0.05) is 56.3 Å². The number of ether oxygens (including phenoxy) is 3. The molecule has 3 aliphatic rings. The van der Waals surface area contributed by atoms with Gasteiger partial charge in [0, 0.05) is 47.8 Å². The molecule has 0 saturated carbocycles. The van der Waals surface area contributed by atoms with Gasteiger partial charge in [0.05, 0.1) is 60.2 Å². The molecule has 9 rings (SSSR count). The lowest BCUT2D eigenvalue weighted by Crippen LogP contribution is -2.50. The number of aliphatic hydroxyl groups is 1. The molecule has 3 aromatic carbocycles. The molecule has 2 fully saturated rings. The second-order valence-electron chi connectivity index (χ2n) is 16.3. The van der Waals surface area contributed by atoms with Gasteiger partial charge in [0.2, 0.25) is 24.5 Å². The molecule has 0 bridgehead atoms. The molecular weight excluding hydrogens is 803 g/mol. The smallest absolute Gasteiger partial charge is 0.407 e. The number of aromatic amines is 2. The molecular formula is C47H53N9O7. The Hall–Kier alpha value is -6.49. The number of aliphatic hydroxyl groups excluding tert-OH is 1. The summed E-state index contributed by atoms with van der Waals surface area (Å²) < 4.78 is 18.9. The first-order valence-corrected chi connectivity index (χ1v) is 21.7. The summed E-state index contributed by atoms with van der Waals surface area (Å²) in [6.07, 6.45) is 5.50. The molecule has 6 unspecified atom stereocenters. The summed E-state index contributed by atoms with van der Waals surface area (Å²) in [6, 6.07) is 23.2. The first kappa shape index (κ1) is 41.8. The molecule has 63 heavy (non-hydrogen) atoms. The minimum atomic E-state index is -1.23. The third kappa shape index (κ3) is 7.94.